The minimum Gasteiger partial charge on any atom is -0.505 e. The van der Waals surface area contributed by atoms with E-state index in [-0.39, 0.29) is 44.9 Å². The van der Waals surface area contributed by atoms with Crippen molar-refractivity contribution in [1.29, 1.82) is 0 Å². The number of aryl methyl sites for hydroxylation is 1. The normalized spacial score (nSPS) is 10.8. The van der Waals surface area contributed by atoms with Crippen LogP contribution < -0.4 is 0 Å². The highest BCUT2D eigenvalue weighted by molar-refractivity contribution is 5.98. The molecule has 0 fully saturated rings. The highest BCUT2D eigenvalue weighted by atomic mass is 16.4. The van der Waals surface area contributed by atoms with Crippen LogP contribution in [0.15, 0.2) is 24.4 Å². The van der Waals surface area contributed by atoms with Crippen LogP contribution in [0.2, 0.25) is 0 Å². The molecule has 0 aliphatic heterocycles. The largest absolute Gasteiger partial charge is 0.505 e. The molecule has 2 heterocycles. The van der Waals surface area contributed by atoms with Gasteiger partial charge in [-0.3, -0.25) is 4.79 Å². The van der Waals surface area contributed by atoms with Crippen LogP contribution in [0.4, 0.5) is 0 Å². The zero-order valence-electron chi connectivity index (χ0n) is 12.8. The number of aromatic carboxylic acids is 2. The number of rotatable bonds is 4. The molecule has 0 saturated carbocycles. The SMILES string of the molecule is Cc1nc2nn(-c3cc(C(=O)O)cc(C(=O)O)c3)cc2c(C=O)c1O. The van der Waals surface area contributed by atoms with Crippen molar-refractivity contribution < 1.29 is 29.7 Å². The van der Waals surface area contributed by atoms with E-state index >= 15 is 0 Å². The van der Waals surface area contributed by atoms with Gasteiger partial charge in [0.1, 0.15) is 5.75 Å². The predicted octanol–water partition coefficient (Wildman–Crippen LogP) is 1.64. The van der Waals surface area contributed by atoms with Crippen LogP contribution >= 0.6 is 0 Å². The van der Waals surface area contributed by atoms with E-state index in [1.807, 2.05) is 0 Å². The molecule has 25 heavy (non-hydrogen) atoms. The van der Waals surface area contributed by atoms with Gasteiger partial charge in [-0.1, -0.05) is 0 Å². The van der Waals surface area contributed by atoms with Crippen molar-refractivity contribution in [3.05, 3.63) is 46.8 Å². The van der Waals surface area contributed by atoms with Crippen LogP contribution in [-0.4, -0.2) is 48.3 Å². The lowest BCUT2D eigenvalue weighted by Gasteiger charge is -2.05. The van der Waals surface area contributed by atoms with Gasteiger partial charge in [-0.15, -0.1) is 5.10 Å². The molecular formula is C16H11N3O6. The van der Waals surface area contributed by atoms with Crippen molar-refractivity contribution in [2.24, 2.45) is 0 Å². The molecule has 2 aromatic heterocycles. The average Bonchev–Trinajstić information content (AvgIpc) is 2.99. The molecule has 0 unspecified atom stereocenters. The summed E-state index contributed by atoms with van der Waals surface area (Å²) in [5, 5.41) is 32.6. The van der Waals surface area contributed by atoms with E-state index in [0.717, 1.165) is 6.07 Å². The van der Waals surface area contributed by atoms with Gasteiger partial charge in [0, 0.05) is 6.20 Å². The van der Waals surface area contributed by atoms with E-state index in [2.05, 4.69) is 10.1 Å². The van der Waals surface area contributed by atoms with Gasteiger partial charge in [0.25, 0.3) is 0 Å². The Hall–Kier alpha value is -3.75. The molecule has 126 valence electrons. The predicted molar refractivity (Wildman–Crippen MR) is 84.6 cm³/mol. The number of aromatic hydroxyl groups is 1. The number of aldehydes is 1. The average molecular weight is 341 g/mol. The number of pyridine rings is 1. The molecule has 0 aliphatic rings. The third-order valence-electron chi connectivity index (χ3n) is 3.65. The van der Waals surface area contributed by atoms with Crippen LogP contribution in [-0.2, 0) is 0 Å². The molecule has 9 heteroatoms. The Balaban J connectivity index is 2.28. The first-order valence-electron chi connectivity index (χ1n) is 6.98. The van der Waals surface area contributed by atoms with Crippen LogP contribution in [0, 0.1) is 6.92 Å². The van der Waals surface area contributed by atoms with Crippen molar-refractivity contribution in [2.75, 3.05) is 0 Å². The van der Waals surface area contributed by atoms with Gasteiger partial charge in [0.15, 0.2) is 11.9 Å². The number of nitrogens with zero attached hydrogens (tertiary/aromatic N) is 3. The highest BCUT2D eigenvalue weighted by Gasteiger charge is 2.17. The maximum absolute atomic E-state index is 11.2. The number of carboxylic acids is 2. The smallest absolute Gasteiger partial charge is 0.335 e. The molecule has 0 aliphatic carbocycles. The van der Waals surface area contributed by atoms with E-state index in [0.29, 0.717) is 6.29 Å². The van der Waals surface area contributed by atoms with Gasteiger partial charge in [0.05, 0.1) is 33.5 Å². The Morgan fingerprint density at radius 3 is 2.24 bits per heavy atom. The minimum absolute atomic E-state index is 0.00148. The van der Waals surface area contributed by atoms with Gasteiger partial charge in [0.2, 0.25) is 0 Å². The van der Waals surface area contributed by atoms with Gasteiger partial charge in [-0.25, -0.2) is 19.3 Å². The van der Waals surface area contributed by atoms with Crippen LogP contribution in [0.5, 0.6) is 5.75 Å². The molecule has 3 rings (SSSR count). The van der Waals surface area contributed by atoms with E-state index in [4.69, 9.17) is 10.2 Å². The third kappa shape index (κ3) is 2.67. The molecule has 0 radical (unpaired) electrons. The second-order valence-corrected chi connectivity index (χ2v) is 5.27. The summed E-state index contributed by atoms with van der Waals surface area (Å²) in [5.74, 6) is -2.85. The van der Waals surface area contributed by atoms with Crippen molar-refractivity contribution >= 4 is 29.3 Å². The molecule has 0 saturated heterocycles. The van der Waals surface area contributed by atoms with Crippen LogP contribution in [0.3, 0.4) is 0 Å². The zero-order valence-corrected chi connectivity index (χ0v) is 12.8. The first-order valence-corrected chi connectivity index (χ1v) is 6.98. The molecule has 1 aromatic carbocycles. The summed E-state index contributed by atoms with van der Waals surface area (Å²) in [4.78, 5) is 37.7. The Morgan fingerprint density at radius 1 is 1.12 bits per heavy atom. The first kappa shape index (κ1) is 16.1. The summed E-state index contributed by atoms with van der Waals surface area (Å²) >= 11 is 0. The summed E-state index contributed by atoms with van der Waals surface area (Å²) in [6.45, 7) is 1.51. The van der Waals surface area contributed by atoms with E-state index in [9.17, 15) is 19.5 Å². The quantitative estimate of drug-likeness (QED) is 0.608. The van der Waals surface area contributed by atoms with Crippen molar-refractivity contribution in [2.45, 2.75) is 6.92 Å². The van der Waals surface area contributed by atoms with Gasteiger partial charge in [-0.2, -0.15) is 0 Å². The minimum atomic E-state index is -1.29. The van der Waals surface area contributed by atoms with Gasteiger partial charge >= 0.3 is 11.9 Å². The second-order valence-electron chi connectivity index (χ2n) is 5.27. The molecule has 0 amide bonds. The Morgan fingerprint density at radius 2 is 1.72 bits per heavy atom. The van der Waals surface area contributed by atoms with Crippen LogP contribution in [0.25, 0.3) is 16.7 Å². The molecular weight excluding hydrogens is 330 g/mol. The monoisotopic (exact) mass is 341 g/mol. The number of carbonyl (C=O) groups excluding carboxylic acids is 1. The molecule has 9 nitrogen and oxygen atoms in total. The Bertz CT molecular complexity index is 1020. The fourth-order valence-electron chi connectivity index (χ4n) is 2.41. The standard InChI is InChI=1S/C16H11N3O6/c1-7-13(21)12(6-20)11-5-19(18-14(11)17-7)10-3-8(15(22)23)2-9(4-10)16(24)25/h2-6,21H,1H3,(H,22,23)(H,24,25). The Labute approximate surface area is 139 Å². The zero-order chi connectivity index (χ0) is 18.3. The molecule has 0 bridgehead atoms. The fourth-order valence-corrected chi connectivity index (χ4v) is 2.41. The number of hydrogen-bond donors (Lipinski definition) is 3. The van der Waals surface area contributed by atoms with Gasteiger partial charge < -0.3 is 15.3 Å². The summed E-state index contributed by atoms with van der Waals surface area (Å²) < 4.78 is 1.21. The molecule has 0 atom stereocenters. The number of hydrogen-bond acceptors (Lipinski definition) is 6. The molecule has 0 spiro atoms. The summed E-state index contributed by atoms with van der Waals surface area (Å²) in [6, 6.07) is 3.52. The van der Waals surface area contributed by atoms with Crippen molar-refractivity contribution in [3.63, 3.8) is 0 Å². The molecule has 3 aromatic rings. The number of fused-ring (bicyclic) bond motifs is 1. The highest BCUT2D eigenvalue weighted by Crippen LogP contribution is 2.27. The lowest BCUT2D eigenvalue weighted by atomic mass is 10.1. The maximum atomic E-state index is 11.2. The summed E-state index contributed by atoms with van der Waals surface area (Å²) in [7, 11) is 0. The summed E-state index contributed by atoms with van der Waals surface area (Å²) in [5.41, 5.74) is 0.0976. The lowest BCUT2D eigenvalue weighted by molar-refractivity contribution is 0.0696. The Kier molecular flexibility index (Phi) is 3.68. The number of carbonyl (C=O) groups is 3. The lowest BCUT2D eigenvalue weighted by Crippen LogP contribution is -2.06. The second kappa shape index (κ2) is 5.71. The fraction of sp³-hybridized carbons (Fsp3) is 0.0625. The number of aromatic nitrogens is 3. The third-order valence-corrected chi connectivity index (χ3v) is 3.65. The first-order chi connectivity index (χ1) is 11.8. The van der Waals surface area contributed by atoms with Crippen LogP contribution in [0.1, 0.15) is 36.8 Å². The maximum Gasteiger partial charge on any atom is 0.335 e. The van der Waals surface area contributed by atoms with E-state index in [1.54, 1.807) is 0 Å². The summed E-state index contributed by atoms with van der Waals surface area (Å²) in [6.07, 6.45) is 1.84. The van der Waals surface area contributed by atoms with Gasteiger partial charge in [-0.05, 0) is 25.1 Å². The number of benzene rings is 1. The van der Waals surface area contributed by atoms with Crippen molar-refractivity contribution in [1.82, 2.24) is 14.8 Å². The van der Waals surface area contributed by atoms with E-state index in [1.165, 1.54) is 29.9 Å². The topological polar surface area (TPSA) is 143 Å². The van der Waals surface area contributed by atoms with E-state index < -0.39 is 11.9 Å². The van der Waals surface area contributed by atoms with Crippen molar-refractivity contribution in [3.8, 4) is 11.4 Å². The molecule has 3 N–H and O–H groups in total. The number of carboxylic acid groups (broad SMARTS) is 2.